The van der Waals surface area contributed by atoms with E-state index in [2.05, 4.69) is 11.9 Å². The Bertz CT molecular complexity index is 45.3. The summed E-state index contributed by atoms with van der Waals surface area (Å²) in [6.45, 7) is 5.90. The predicted molar refractivity (Wildman–Crippen MR) is 29.6 cm³/mol. The van der Waals surface area contributed by atoms with Crippen molar-refractivity contribution in [2.45, 2.75) is 0 Å². The van der Waals surface area contributed by atoms with Crippen molar-refractivity contribution in [3.63, 3.8) is 0 Å². The van der Waals surface area contributed by atoms with Gasteiger partial charge in [0.1, 0.15) is 0 Å². The molecule has 1 radical (unpaired) electrons. The lowest BCUT2D eigenvalue weighted by atomic mass is 10.6. The lowest BCUT2D eigenvalue weighted by Gasteiger charge is -1.91. The van der Waals surface area contributed by atoms with Gasteiger partial charge in [0.2, 0.25) is 0 Å². The minimum Gasteiger partial charge on any atom is -0.395 e. The van der Waals surface area contributed by atoms with E-state index in [4.69, 9.17) is 5.11 Å². The van der Waals surface area contributed by atoms with Gasteiger partial charge < -0.3 is 10.4 Å². The van der Waals surface area contributed by atoms with Gasteiger partial charge >= 0.3 is 0 Å². The van der Waals surface area contributed by atoms with Crippen molar-refractivity contribution in [2.75, 3.05) is 13.2 Å². The summed E-state index contributed by atoms with van der Waals surface area (Å²) in [6, 6.07) is 0. The molecule has 0 aliphatic carbocycles. The van der Waals surface area contributed by atoms with Gasteiger partial charge in [0.05, 0.1) is 6.61 Å². The Morgan fingerprint density at radius 3 is 2.86 bits per heavy atom. The zero-order valence-electron chi connectivity index (χ0n) is 4.22. The van der Waals surface area contributed by atoms with E-state index < -0.39 is 0 Å². The lowest BCUT2D eigenvalue weighted by molar-refractivity contribution is 0.297. The molecule has 0 saturated heterocycles. The Morgan fingerprint density at radius 2 is 2.43 bits per heavy atom. The normalized spacial score (nSPS) is 8.71. The van der Waals surface area contributed by atoms with Gasteiger partial charge in [0.25, 0.3) is 0 Å². The Balaban J connectivity index is 2.56. The lowest BCUT2D eigenvalue weighted by Crippen LogP contribution is -2.13. The molecular formula is C5H10NO. The van der Waals surface area contributed by atoms with E-state index in [1.807, 2.05) is 0 Å². The zero-order valence-corrected chi connectivity index (χ0v) is 4.22. The van der Waals surface area contributed by atoms with Crippen molar-refractivity contribution < 1.29 is 5.11 Å². The van der Waals surface area contributed by atoms with Crippen molar-refractivity contribution in [3.8, 4) is 0 Å². The highest BCUT2D eigenvalue weighted by molar-refractivity contribution is 4.82. The maximum absolute atomic E-state index is 8.18. The smallest absolute Gasteiger partial charge is 0.0556 e. The molecule has 0 aromatic rings. The van der Waals surface area contributed by atoms with E-state index in [0.29, 0.717) is 6.54 Å². The molecule has 0 amide bonds. The van der Waals surface area contributed by atoms with Crippen LogP contribution in [0.2, 0.25) is 0 Å². The van der Waals surface area contributed by atoms with Crippen LogP contribution in [0.4, 0.5) is 0 Å². The highest BCUT2D eigenvalue weighted by atomic mass is 16.3. The fourth-order valence-electron chi connectivity index (χ4n) is 0.231. The van der Waals surface area contributed by atoms with Gasteiger partial charge in [-0.25, -0.2) is 0 Å². The van der Waals surface area contributed by atoms with E-state index >= 15 is 0 Å². The van der Waals surface area contributed by atoms with Crippen molar-refractivity contribution >= 4 is 0 Å². The summed E-state index contributed by atoms with van der Waals surface area (Å²) in [7, 11) is 0. The first kappa shape index (κ1) is 6.66. The molecular weight excluding hydrogens is 90.1 g/mol. The van der Waals surface area contributed by atoms with E-state index in [1.165, 1.54) is 0 Å². The molecule has 0 aromatic heterocycles. The van der Waals surface area contributed by atoms with Gasteiger partial charge in [-0.15, -0.1) is 6.58 Å². The predicted octanol–water partition coefficient (Wildman–Crippen LogP) is -0.0839. The van der Waals surface area contributed by atoms with Gasteiger partial charge in [0, 0.05) is 13.1 Å². The van der Waals surface area contributed by atoms with Crippen LogP contribution in [0.1, 0.15) is 0 Å². The summed E-state index contributed by atoms with van der Waals surface area (Å²) in [5.74, 6) is 0. The van der Waals surface area contributed by atoms with Gasteiger partial charge in [-0.1, -0.05) is 6.08 Å². The van der Waals surface area contributed by atoms with Gasteiger partial charge in [-0.3, -0.25) is 0 Å². The molecule has 0 unspecified atom stereocenters. The molecule has 0 bridgehead atoms. The first-order chi connectivity index (χ1) is 3.41. The molecule has 0 aliphatic rings. The molecule has 0 aliphatic heterocycles. The van der Waals surface area contributed by atoms with Gasteiger partial charge in [-0.2, -0.15) is 0 Å². The second-order valence-electron chi connectivity index (χ2n) is 1.08. The number of nitrogens with one attached hydrogen (secondary N) is 1. The van der Waals surface area contributed by atoms with Gasteiger partial charge in [-0.05, 0) is 0 Å². The first-order valence-electron chi connectivity index (χ1n) is 2.20. The second-order valence-corrected chi connectivity index (χ2v) is 1.08. The molecule has 7 heavy (non-hydrogen) atoms. The number of hydrogen-bond acceptors (Lipinski definition) is 2. The minimum atomic E-state index is 0.171. The average Bonchev–Trinajstić information content (AvgIpc) is 1.69. The van der Waals surface area contributed by atoms with Crippen LogP contribution >= 0.6 is 0 Å². The van der Waals surface area contributed by atoms with Crippen molar-refractivity contribution in [1.29, 1.82) is 0 Å². The van der Waals surface area contributed by atoms with Crippen LogP contribution in [0.3, 0.4) is 0 Å². The molecule has 2 N–H and O–H groups in total. The van der Waals surface area contributed by atoms with Crippen molar-refractivity contribution in [1.82, 2.24) is 5.32 Å². The molecule has 41 valence electrons. The highest BCUT2D eigenvalue weighted by Gasteiger charge is 1.75. The van der Waals surface area contributed by atoms with Crippen LogP contribution in [0, 0.1) is 6.54 Å². The Morgan fingerprint density at radius 1 is 1.71 bits per heavy atom. The van der Waals surface area contributed by atoms with Crippen LogP contribution in [-0.4, -0.2) is 18.3 Å². The number of hydrogen-bond donors (Lipinski definition) is 2. The van der Waals surface area contributed by atoms with Crippen LogP contribution in [0.5, 0.6) is 0 Å². The molecule has 2 heteroatoms. The molecule has 0 saturated carbocycles. The second kappa shape index (κ2) is 5.66. The number of aliphatic hydroxyl groups excluding tert-OH is 1. The molecule has 0 spiro atoms. The third-order valence-corrected chi connectivity index (χ3v) is 0.492. The zero-order chi connectivity index (χ0) is 5.54. The topological polar surface area (TPSA) is 32.3 Å². The third-order valence-electron chi connectivity index (χ3n) is 0.492. The van der Waals surface area contributed by atoms with E-state index in [9.17, 15) is 0 Å². The third kappa shape index (κ3) is 5.66. The molecule has 0 aromatic carbocycles. The molecule has 0 heterocycles. The summed E-state index contributed by atoms with van der Waals surface area (Å²) >= 11 is 0. The van der Waals surface area contributed by atoms with Crippen LogP contribution in [0.15, 0.2) is 12.7 Å². The summed E-state index contributed by atoms with van der Waals surface area (Å²) in [4.78, 5) is 0. The van der Waals surface area contributed by atoms with Crippen LogP contribution in [-0.2, 0) is 0 Å². The van der Waals surface area contributed by atoms with Crippen molar-refractivity contribution in [3.05, 3.63) is 19.2 Å². The fraction of sp³-hybridized carbons (Fsp3) is 0.400. The molecule has 0 atom stereocenters. The monoisotopic (exact) mass is 100 g/mol. The summed E-state index contributed by atoms with van der Waals surface area (Å²) in [6.07, 6.45) is 1.63. The Labute approximate surface area is 43.9 Å². The summed E-state index contributed by atoms with van der Waals surface area (Å²) in [5.41, 5.74) is 0. The molecule has 2 nitrogen and oxygen atoms in total. The standard InChI is InChI=1S/C5H10NO/c1-2-3-6-4-5-7/h2-3,6-7H,1,4-5H2. The van der Waals surface area contributed by atoms with E-state index in [1.54, 1.807) is 12.6 Å². The quantitative estimate of drug-likeness (QED) is 0.484. The van der Waals surface area contributed by atoms with Crippen LogP contribution in [0.25, 0.3) is 0 Å². The first-order valence-corrected chi connectivity index (χ1v) is 2.20. The summed E-state index contributed by atoms with van der Waals surface area (Å²) < 4.78 is 0. The molecule has 0 rings (SSSR count). The average molecular weight is 100 g/mol. The fourth-order valence-corrected chi connectivity index (χ4v) is 0.231. The maximum atomic E-state index is 8.18. The maximum Gasteiger partial charge on any atom is 0.0556 e. The Kier molecular flexibility index (Phi) is 5.39. The number of aliphatic hydroxyl groups is 1. The minimum absolute atomic E-state index is 0.171. The summed E-state index contributed by atoms with van der Waals surface area (Å²) in [5, 5.41) is 11.0. The number of rotatable bonds is 4. The van der Waals surface area contributed by atoms with Crippen molar-refractivity contribution in [2.24, 2.45) is 0 Å². The largest absolute Gasteiger partial charge is 0.395 e. The highest BCUT2D eigenvalue weighted by Crippen LogP contribution is 1.65. The van der Waals surface area contributed by atoms with E-state index in [-0.39, 0.29) is 6.61 Å². The van der Waals surface area contributed by atoms with Crippen LogP contribution < -0.4 is 5.32 Å². The van der Waals surface area contributed by atoms with E-state index in [0.717, 1.165) is 0 Å². The SMILES string of the molecule is C=C[CH]NCCO. The van der Waals surface area contributed by atoms with Gasteiger partial charge in [0.15, 0.2) is 0 Å². The Hall–Kier alpha value is -0.340. The molecule has 0 fully saturated rings.